The van der Waals surface area contributed by atoms with Crippen LogP contribution < -0.4 is 0 Å². The van der Waals surface area contributed by atoms with Crippen molar-refractivity contribution in [3.8, 4) is 0 Å². The molecule has 0 saturated carbocycles. The Kier molecular flexibility index (Phi) is 4.37. The Balaban J connectivity index is 0.000000367. The first-order valence-corrected chi connectivity index (χ1v) is 6.75. The topological polar surface area (TPSA) is 29.5 Å². The molecule has 0 spiro atoms. The summed E-state index contributed by atoms with van der Waals surface area (Å²) in [6, 6.07) is 10.3. The van der Waals surface area contributed by atoms with Gasteiger partial charge in [-0.1, -0.05) is 50.6 Å². The van der Waals surface area contributed by atoms with E-state index in [1.165, 1.54) is 6.42 Å². The molecule has 2 heterocycles. The third-order valence-corrected chi connectivity index (χ3v) is 3.16. The number of ether oxygens (including phenoxy) is 1. The number of hydrogen-bond acceptors (Lipinski definition) is 2. The van der Waals surface area contributed by atoms with Gasteiger partial charge in [0.1, 0.15) is 0 Å². The number of benzene rings is 1. The van der Waals surface area contributed by atoms with Crippen molar-refractivity contribution < 1.29 is 9.53 Å². The zero-order valence-electron chi connectivity index (χ0n) is 11.1. The Hall–Kier alpha value is -1.35. The number of carbonyl (C=O) groups is 1. The van der Waals surface area contributed by atoms with Crippen LogP contribution in [-0.2, 0) is 9.53 Å². The van der Waals surface area contributed by atoms with E-state index in [1.807, 2.05) is 35.2 Å². The molecular weight excluding hydrogens is 226 g/mol. The number of carbonyl (C=O) groups excluding carboxylic acids is 1. The number of amides is 1. The van der Waals surface area contributed by atoms with E-state index in [9.17, 15) is 4.79 Å². The van der Waals surface area contributed by atoms with Crippen LogP contribution in [0.5, 0.6) is 0 Å². The summed E-state index contributed by atoms with van der Waals surface area (Å²) in [6.45, 7) is 4.94. The van der Waals surface area contributed by atoms with Crippen molar-refractivity contribution in [2.45, 2.75) is 45.4 Å². The predicted molar refractivity (Wildman–Crippen MR) is 71.0 cm³/mol. The highest BCUT2D eigenvalue weighted by Gasteiger charge is 2.42. The lowest BCUT2D eigenvalue weighted by Crippen LogP contribution is -2.30. The number of nitrogens with zero attached hydrogens (tertiary/aromatic N) is 1. The largest absolute Gasteiger partial charge is 0.352 e. The second-order valence-electron chi connectivity index (χ2n) is 4.80. The highest BCUT2D eigenvalue weighted by molar-refractivity contribution is 5.79. The van der Waals surface area contributed by atoms with Crippen LogP contribution in [0.15, 0.2) is 30.3 Å². The van der Waals surface area contributed by atoms with E-state index in [2.05, 4.69) is 13.8 Å². The van der Waals surface area contributed by atoms with Gasteiger partial charge in [0.15, 0.2) is 6.23 Å². The molecule has 0 bridgehead atoms. The van der Waals surface area contributed by atoms with Gasteiger partial charge in [0.2, 0.25) is 5.91 Å². The lowest BCUT2D eigenvalue weighted by Gasteiger charge is -2.22. The van der Waals surface area contributed by atoms with E-state index >= 15 is 0 Å². The van der Waals surface area contributed by atoms with Gasteiger partial charge in [-0.25, -0.2) is 0 Å². The van der Waals surface area contributed by atoms with Gasteiger partial charge in [-0.15, -0.1) is 0 Å². The second kappa shape index (κ2) is 6.01. The molecule has 0 aliphatic carbocycles. The molecule has 2 atom stereocenters. The summed E-state index contributed by atoms with van der Waals surface area (Å²) in [4.78, 5) is 13.6. The minimum atomic E-state index is -0.147. The summed E-state index contributed by atoms with van der Waals surface area (Å²) in [5.41, 5.74) is 1.08. The first-order chi connectivity index (χ1) is 8.77. The maximum atomic E-state index is 11.7. The summed E-state index contributed by atoms with van der Waals surface area (Å²) in [7, 11) is 0. The summed E-state index contributed by atoms with van der Waals surface area (Å²) >= 11 is 0. The molecule has 1 amide bonds. The van der Waals surface area contributed by atoms with Gasteiger partial charge in [-0.2, -0.15) is 0 Å². The first kappa shape index (κ1) is 13.1. The van der Waals surface area contributed by atoms with Crippen molar-refractivity contribution in [3.63, 3.8) is 0 Å². The minimum absolute atomic E-state index is 0.147. The summed E-state index contributed by atoms with van der Waals surface area (Å²) in [5.74, 6) is 0.228. The van der Waals surface area contributed by atoms with E-state index in [-0.39, 0.29) is 12.1 Å². The van der Waals surface area contributed by atoms with Crippen LogP contribution >= 0.6 is 0 Å². The molecule has 0 radical (unpaired) electrons. The fourth-order valence-electron chi connectivity index (χ4n) is 2.40. The molecule has 3 heteroatoms. The van der Waals surface area contributed by atoms with Crippen molar-refractivity contribution in [1.29, 1.82) is 0 Å². The van der Waals surface area contributed by atoms with E-state index in [1.54, 1.807) is 0 Å². The number of fused-ring (bicyclic) bond motifs is 1. The van der Waals surface area contributed by atoms with Crippen LogP contribution in [-0.4, -0.2) is 23.5 Å². The predicted octanol–water partition coefficient (Wildman–Crippen LogP) is 3.12. The van der Waals surface area contributed by atoms with Crippen LogP contribution in [0, 0.1) is 0 Å². The molecule has 2 unspecified atom stereocenters. The average Bonchev–Trinajstić information content (AvgIpc) is 2.95. The quantitative estimate of drug-likeness (QED) is 0.763. The average molecular weight is 247 g/mol. The van der Waals surface area contributed by atoms with Crippen molar-refractivity contribution in [3.05, 3.63) is 35.9 Å². The molecule has 2 aliphatic heterocycles. The van der Waals surface area contributed by atoms with Crippen LogP contribution in [0.4, 0.5) is 0 Å². The standard InChI is InChI=1S/C12H13NO2.C3H8/c14-11-7-6-10-8-15-12(13(10)11)9-4-2-1-3-5-9;1-3-2/h1-5,10,12H,6-8H2;3H2,1-2H3. The van der Waals surface area contributed by atoms with Crippen molar-refractivity contribution >= 4 is 5.91 Å². The molecule has 98 valence electrons. The molecule has 2 saturated heterocycles. The number of hydrogen-bond donors (Lipinski definition) is 0. The molecule has 1 aromatic carbocycles. The molecule has 3 rings (SSSR count). The summed E-state index contributed by atoms with van der Waals surface area (Å²) in [6.07, 6.45) is 2.73. The van der Waals surface area contributed by atoms with Crippen LogP contribution in [0.1, 0.15) is 44.9 Å². The second-order valence-corrected chi connectivity index (χ2v) is 4.80. The molecule has 0 N–H and O–H groups in total. The van der Waals surface area contributed by atoms with E-state index < -0.39 is 0 Å². The maximum Gasteiger partial charge on any atom is 0.225 e. The number of rotatable bonds is 1. The van der Waals surface area contributed by atoms with E-state index in [0.29, 0.717) is 19.1 Å². The lowest BCUT2D eigenvalue weighted by molar-refractivity contribution is -0.134. The Labute approximate surface area is 109 Å². The first-order valence-electron chi connectivity index (χ1n) is 6.75. The van der Waals surface area contributed by atoms with Crippen molar-refractivity contribution in [2.75, 3.05) is 6.61 Å². The third kappa shape index (κ3) is 2.56. The SMILES string of the molecule is CCC.O=C1CCC2COC(c3ccccc3)N12. The molecule has 2 fully saturated rings. The molecule has 0 aromatic heterocycles. The van der Waals surface area contributed by atoms with Gasteiger partial charge in [-0.3, -0.25) is 4.79 Å². The Bertz CT molecular complexity index is 391. The Morgan fingerprint density at radius 1 is 1.28 bits per heavy atom. The molecule has 3 nitrogen and oxygen atoms in total. The van der Waals surface area contributed by atoms with Gasteiger partial charge in [-0.05, 0) is 6.42 Å². The fourth-order valence-corrected chi connectivity index (χ4v) is 2.40. The summed E-state index contributed by atoms with van der Waals surface area (Å²) < 4.78 is 5.68. The lowest BCUT2D eigenvalue weighted by atomic mass is 10.2. The monoisotopic (exact) mass is 247 g/mol. The van der Waals surface area contributed by atoms with Gasteiger partial charge >= 0.3 is 0 Å². The van der Waals surface area contributed by atoms with Gasteiger partial charge in [0.05, 0.1) is 12.6 Å². The molecular formula is C15H21NO2. The van der Waals surface area contributed by atoms with Crippen LogP contribution in [0.2, 0.25) is 0 Å². The van der Waals surface area contributed by atoms with E-state index in [4.69, 9.17) is 4.74 Å². The van der Waals surface area contributed by atoms with Gasteiger partial charge in [0, 0.05) is 12.0 Å². The van der Waals surface area contributed by atoms with Crippen LogP contribution in [0.3, 0.4) is 0 Å². The van der Waals surface area contributed by atoms with Gasteiger partial charge in [0.25, 0.3) is 0 Å². The third-order valence-electron chi connectivity index (χ3n) is 3.16. The highest BCUT2D eigenvalue weighted by Crippen LogP contribution is 2.36. The van der Waals surface area contributed by atoms with Crippen molar-refractivity contribution in [1.82, 2.24) is 4.90 Å². The van der Waals surface area contributed by atoms with Crippen molar-refractivity contribution in [2.24, 2.45) is 0 Å². The Morgan fingerprint density at radius 3 is 2.61 bits per heavy atom. The van der Waals surface area contributed by atoms with Gasteiger partial charge < -0.3 is 9.64 Å². The smallest absolute Gasteiger partial charge is 0.225 e. The molecule has 1 aromatic rings. The minimum Gasteiger partial charge on any atom is -0.352 e. The zero-order valence-corrected chi connectivity index (χ0v) is 11.1. The fraction of sp³-hybridized carbons (Fsp3) is 0.533. The summed E-state index contributed by atoms with van der Waals surface area (Å²) in [5, 5.41) is 0. The molecule has 18 heavy (non-hydrogen) atoms. The highest BCUT2D eigenvalue weighted by atomic mass is 16.5. The zero-order chi connectivity index (χ0) is 13.0. The van der Waals surface area contributed by atoms with E-state index in [0.717, 1.165) is 12.0 Å². The normalized spacial score (nSPS) is 25.7. The van der Waals surface area contributed by atoms with Crippen LogP contribution in [0.25, 0.3) is 0 Å². The maximum absolute atomic E-state index is 11.7. The Morgan fingerprint density at radius 2 is 1.94 bits per heavy atom. The molecule has 2 aliphatic rings.